The minimum Gasteiger partial charge on any atom is -0.478 e. The number of imidazole rings is 1. The molecule has 3 rings (SSSR count). The smallest absolute Gasteiger partial charge is 0.336 e. The Bertz CT molecular complexity index is 1150. The summed E-state index contributed by atoms with van der Waals surface area (Å²) in [5.41, 5.74) is 2.32. The van der Waals surface area contributed by atoms with Crippen LogP contribution in [0, 0.1) is 0 Å². The van der Waals surface area contributed by atoms with Gasteiger partial charge in [0.1, 0.15) is 5.82 Å². The van der Waals surface area contributed by atoms with Gasteiger partial charge in [-0.1, -0.05) is 55.3 Å². The van der Waals surface area contributed by atoms with E-state index in [2.05, 4.69) is 17.2 Å². The molecule has 3 N–H and O–H groups in total. The van der Waals surface area contributed by atoms with Crippen LogP contribution in [0.2, 0.25) is 5.15 Å². The van der Waals surface area contributed by atoms with Crippen molar-refractivity contribution in [2.24, 2.45) is 0 Å². The van der Waals surface area contributed by atoms with E-state index < -0.39 is 11.9 Å². The summed E-state index contributed by atoms with van der Waals surface area (Å²) in [6.45, 7) is 2.55. The second-order valence-electron chi connectivity index (χ2n) is 7.48. The minimum atomic E-state index is -1.15. The number of hydrogen-bond donors (Lipinski definition) is 3. The van der Waals surface area contributed by atoms with Gasteiger partial charge in [-0.15, -0.1) is 0 Å². The van der Waals surface area contributed by atoms with Crippen molar-refractivity contribution < 1.29 is 19.8 Å². The number of carboxylic acid groups (broad SMARTS) is 1. The summed E-state index contributed by atoms with van der Waals surface area (Å²) in [5.74, 6) is -0.762. The Balaban J connectivity index is 1.79. The molecule has 3 aromatic rings. The van der Waals surface area contributed by atoms with Gasteiger partial charge in [0.25, 0.3) is 5.91 Å². The van der Waals surface area contributed by atoms with Crippen molar-refractivity contribution in [2.75, 3.05) is 11.9 Å². The highest BCUT2D eigenvalue weighted by Crippen LogP contribution is 2.23. The number of aryl methyl sites for hydroxylation is 1. The number of anilines is 1. The molecule has 1 aromatic heterocycles. The summed E-state index contributed by atoms with van der Waals surface area (Å²) in [4.78, 5) is 28.4. The Kier molecular flexibility index (Phi) is 8.40. The van der Waals surface area contributed by atoms with Crippen molar-refractivity contribution >= 4 is 35.2 Å². The number of aromatic nitrogens is 2. The summed E-state index contributed by atoms with van der Waals surface area (Å²) in [6.07, 6.45) is 6.20. The third kappa shape index (κ3) is 6.09. The van der Waals surface area contributed by atoms with Crippen molar-refractivity contribution in [1.29, 1.82) is 0 Å². The number of benzene rings is 2. The number of carbonyl (C=O) groups is 2. The zero-order valence-corrected chi connectivity index (χ0v) is 19.0. The first-order valence-corrected chi connectivity index (χ1v) is 11.1. The molecule has 0 fully saturated rings. The fraction of sp³-hybridized carbons (Fsp3) is 0.240. The quantitative estimate of drug-likeness (QED) is 0.394. The molecule has 0 radical (unpaired) electrons. The number of carbonyl (C=O) groups excluding carboxylic acids is 1. The lowest BCUT2D eigenvalue weighted by Gasteiger charge is -2.12. The summed E-state index contributed by atoms with van der Waals surface area (Å²) in [7, 11) is 0. The number of unbranched alkanes of at least 4 members (excludes halogenated alkanes) is 1. The third-order valence-corrected chi connectivity index (χ3v) is 5.41. The second kappa shape index (κ2) is 11.4. The van der Waals surface area contributed by atoms with Gasteiger partial charge in [-0.05, 0) is 42.3 Å². The number of hydrogen-bond acceptors (Lipinski definition) is 4. The maximum atomic E-state index is 12.6. The number of nitrogens with zero attached hydrogens (tertiary/aromatic N) is 2. The molecule has 0 aliphatic carbocycles. The van der Waals surface area contributed by atoms with E-state index in [9.17, 15) is 14.7 Å². The van der Waals surface area contributed by atoms with E-state index in [4.69, 9.17) is 16.7 Å². The van der Waals surface area contributed by atoms with Gasteiger partial charge in [0.2, 0.25) is 0 Å². The summed E-state index contributed by atoms with van der Waals surface area (Å²) >= 11 is 6.35. The molecule has 172 valence electrons. The summed E-state index contributed by atoms with van der Waals surface area (Å²) in [6, 6.07) is 13.4. The monoisotopic (exact) mass is 467 g/mol. The van der Waals surface area contributed by atoms with Crippen LogP contribution in [0.1, 0.15) is 57.6 Å². The SMILES string of the molecule is CCCCc1nc(Cl)c(C=CCO)n1Cc1ccc(NC(=O)c2ccccc2C(=O)O)cc1. The Morgan fingerprint density at radius 2 is 1.82 bits per heavy atom. The minimum absolute atomic E-state index is 0.0494. The molecule has 0 atom stereocenters. The molecule has 0 bridgehead atoms. The largest absolute Gasteiger partial charge is 0.478 e. The van der Waals surface area contributed by atoms with E-state index in [1.54, 1.807) is 36.4 Å². The maximum Gasteiger partial charge on any atom is 0.336 e. The number of aromatic carboxylic acids is 1. The molecule has 0 saturated carbocycles. The average molecular weight is 468 g/mol. The van der Waals surface area contributed by atoms with Crippen LogP contribution in [-0.4, -0.2) is 38.2 Å². The number of amides is 1. The molecule has 33 heavy (non-hydrogen) atoms. The topological polar surface area (TPSA) is 104 Å². The van der Waals surface area contributed by atoms with E-state index >= 15 is 0 Å². The lowest BCUT2D eigenvalue weighted by molar-refractivity contribution is 0.0692. The fourth-order valence-corrected chi connectivity index (χ4v) is 3.71. The number of nitrogens with one attached hydrogen (secondary N) is 1. The molecule has 0 aliphatic heterocycles. The van der Waals surface area contributed by atoms with Crippen molar-refractivity contribution in [3.63, 3.8) is 0 Å². The highest BCUT2D eigenvalue weighted by Gasteiger charge is 2.17. The number of aliphatic hydroxyl groups excluding tert-OH is 1. The Morgan fingerprint density at radius 3 is 2.45 bits per heavy atom. The van der Waals surface area contributed by atoms with E-state index in [1.165, 1.54) is 12.1 Å². The van der Waals surface area contributed by atoms with Gasteiger partial charge >= 0.3 is 5.97 Å². The van der Waals surface area contributed by atoms with Crippen LogP contribution in [-0.2, 0) is 13.0 Å². The number of aliphatic hydroxyl groups is 1. The molecular formula is C25H26ClN3O4. The fourth-order valence-electron chi connectivity index (χ4n) is 3.45. The predicted molar refractivity (Wildman–Crippen MR) is 129 cm³/mol. The van der Waals surface area contributed by atoms with Crippen molar-refractivity contribution in [2.45, 2.75) is 32.7 Å². The first kappa shape index (κ1) is 24.2. The van der Waals surface area contributed by atoms with Gasteiger partial charge in [0, 0.05) is 18.7 Å². The number of carboxylic acids is 1. The van der Waals surface area contributed by atoms with Gasteiger partial charge in [-0.3, -0.25) is 4.79 Å². The Labute approximate surface area is 197 Å². The van der Waals surface area contributed by atoms with Crippen molar-refractivity contribution in [3.8, 4) is 0 Å². The molecule has 1 heterocycles. The van der Waals surface area contributed by atoms with E-state index in [0.29, 0.717) is 17.4 Å². The van der Waals surface area contributed by atoms with Crippen LogP contribution in [0.3, 0.4) is 0 Å². The van der Waals surface area contributed by atoms with Gasteiger partial charge in [0.05, 0.1) is 23.4 Å². The molecule has 0 unspecified atom stereocenters. The summed E-state index contributed by atoms with van der Waals surface area (Å²) in [5, 5.41) is 21.6. The third-order valence-electron chi connectivity index (χ3n) is 5.13. The van der Waals surface area contributed by atoms with E-state index in [0.717, 1.165) is 36.3 Å². The molecular weight excluding hydrogens is 442 g/mol. The molecule has 0 aliphatic rings. The second-order valence-corrected chi connectivity index (χ2v) is 7.84. The van der Waals surface area contributed by atoms with Crippen molar-refractivity contribution in [1.82, 2.24) is 9.55 Å². The van der Waals surface area contributed by atoms with E-state index in [1.807, 2.05) is 16.7 Å². The zero-order valence-electron chi connectivity index (χ0n) is 18.3. The van der Waals surface area contributed by atoms with Crippen LogP contribution in [0.15, 0.2) is 54.6 Å². The molecule has 7 nitrogen and oxygen atoms in total. The highest BCUT2D eigenvalue weighted by molar-refractivity contribution is 6.30. The molecule has 0 saturated heterocycles. The average Bonchev–Trinajstić information content (AvgIpc) is 3.11. The van der Waals surface area contributed by atoms with E-state index in [-0.39, 0.29) is 17.7 Å². The Morgan fingerprint density at radius 1 is 1.12 bits per heavy atom. The van der Waals surface area contributed by atoms with Gasteiger partial charge in [0.15, 0.2) is 5.15 Å². The van der Waals surface area contributed by atoms with Crippen LogP contribution in [0.5, 0.6) is 0 Å². The highest BCUT2D eigenvalue weighted by atomic mass is 35.5. The normalized spacial score (nSPS) is 11.1. The van der Waals surface area contributed by atoms with Crippen LogP contribution < -0.4 is 5.32 Å². The van der Waals surface area contributed by atoms with Crippen LogP contribution in [0.25, 0.3) is 6.08 Å². The van der Waals surface area contributed by atoms with Crippen LogP contribution in [0.4, 0.5) is 5.69 Å². The first-order chi connectivity index (χ1) is 15.9. The van der Waals surface area contributed by atoms with Gasteiger partial charge in [-0.25, -0.2) is 9.78 Å². The van der Waals surface area contributed by atoms with Crippen molar-refractivity contribution in [3.05, 3.63) is 88.0 Å². The zero-order chi connectivity index (χ0) is 23.8. The molecule has 2 aromatic carbocycles. The molecule has 8 heteroatoms. The summed E-state index contributed by atoms with van der Waals surface area (Å²) < 4.78 is 2.03. The lowest BCUT2D eigenvalue weighted by Crippen LogP contribution is -2.16. The van der Waals surface area contributed by atoms with Gasteiger partial charge < -0.3 is 20.1 Å². The Hall–Kier alpha value is -3.42. The first-order valence-electron chi connectivity index (χ1n) is 10.7. The number of halogens is 1. The molecule has 0 spiro atoms. The standard InChI is InChI=1S/C25H26ClN3O4/c1-2-3-10-22-28-23(26)21(9-6-15-30)29(22)16-17-11-13-18(14-12-17)27-24(31)19-7-4-5-8-20(19)25(32)33/h4-9,11-14,30H,2-3,10,15-16H2,1H3,(H,27,31)(H,32,33). The lowest BCUT2D eigenvalue weighted by atomic mass is 10.1. The van der Waals surface area contributed by atoms with Gasteiger partial charge in [-0.2, -0.15) is 0 Å². The predicted octanol–water partition coefficient (Wildman–Crippen LogP) is 4.88. The maximum absolute atomic E-state index is 12.6. The number of rotatable bonds is 10. The van der Waals surface area contributed by atoms with Crippen LogP contribution >= 0.6 is 11.6 Å². The molecule has 1 amide bonds.